The van der Waals surface area contributed by atoms with E-state index in [0.29, 0.717) is 16.7 Å². The van der Waals surface area contributed by atoms with E-state index in [1.807, 2.05) is 0 Å². The third kappa shape index (κ3) is 9.13. The highest BCUT2D eigenvalue weighted by Gasteiger charge is 2.53. The van der Waals surface area contributed by atoms with Crippen LogP contribution in [0.15, 0.2) is 102 Å². The number of carbonyl (C=O) groups excluding carboxylic acids is 1. The van der Waals surface area contributed by atoms with E-state index in [9.17, 15) is 62.8 Å². The minimum Gasteiger partial charge on any atom is -0.394 e. The number of aliphatic hydroxyl groups is 8. The minimum absolute atomic E-state index is 0.0366. The van der Waals surface area contributed by atoms with Gasteiger partial charge in [0.05, 0.1) is 41.9 Å². The first kappa shape index (κ1) is 44.8. The Morgan fingerprint density at radius 1 is 0.705 bits per heavy atom. The van der Waals surface area contributed by atoms with Gasteiger partial charge in [-0.25, -0.2) is 17.2 Å². The largest absolute Gasteiger partial charge is 0.394 e. The molecule has 3 fully saturated rings. The number of aliphatic hydroxyl groups excluding tert-OH is 8. The van der Waals surface area contributed by atoms with Gasteiger partial charge in [0, 0.05) is 5.69 Å². The lowest BCUT2D eigenvalue weighted by Gasteiger charge is -2.48. The number of halogens is 2. The van der Waals surface area contributed by atoms with E-state index < -0.39 is 126 Å². The Morgan fingerprint density at radius 3 is 1.97 bits per heavy atom. The second kappa shape index (κ2) is 18.6. The van der Waals surface area contributed by atoms with Gasteiger partial charge in [-0.1, -0.05) is 54.6 Å². The van der Waals surface area contributed by atoms with Gasteiger partial charge in [0.1, 0.15) is 66.6 Å². The maximum absolute atomic E-state index is 14.8. The van der Waals surface area contributed by atoms with Gasteiger partial charge in [0.15, 0.2) is 16.1 Å². The van der Waals surface area contributed by atoms with Crippen molar-refractivity contribution in [3.63, 3.8) is 0 Å². The summed E-state index contributed by atoms with van der Waals surface area (Å²) in [7, 11) is -4.59. The summed E-state index contributed by atoms with van der Waals surface area (Å²) in [6.45, 7) is -1.68. The third-order valence-electron chi connectivity index (χ3n) is 11.6. The molecular weight excluding hydrogens is 825 g/mol. The fourth-order valence-corrected chi connectivity index (χ4v) is 9.98. The number of rotatable bonds is 14. The lowest BCUT2D eigenvalue weighted by atomic mass is 9.78. The minimum atomic E-state index is -4.59. The highest BCUT2D eigenvalue weighted by molar-refractivity contribution is 7.91. The molecule has 3 heterocycles. The summed E-state index contributed by atoms with van der Waals surface area (Å²) < 4.78 is 74.2. The first-order valence-corrected chi connectivity index (χ1v) is 21.3. The molecule has 3 aliphatic rings. The van der Waals surface area contributed by atoms with Gasteiger partial charge in [-0.3, -0.25) is 4.79 Å². The monoisotopic (exact) mass is 871 g/mol. The molecule has 18 heteroatoms. The number of hydrogen-bond acceptors (Lipinski definition) is 14. The number of benzene rings is 4. The van der Waals surface area contributed by atoms with Crippen molar-refractivity contribution in [2.75, 3.05) is 23.9 Å². The Bertz CT molecular complexity index is 2230. The van der Waals surface area contributed by atoms with E-state index >= 15 is 0 Å². The summed E-state index contributed by atoms with van der Waals surface area (Å²) in [5, 5.41) is 84.5. The zero-order valence-electron chi connectivity index (χ0n) is 32.4. The van der Waals surface area contributed by atoms with Gasteiger partial charge in [0.2, 0.25) is 5.91 Å². The number of ether oxygens (including phenoxy) is 3. The van der Waals surface area contributed by atoms with Gasteiger partial charge in [-0.2, -0.15) is 0 Å². The molecule has 328 valence electrons. The number of amides is 1. The number of β-lactam (4-membered cyclic amide) rings is 1. The SMILES string of the molecule is O=C1[C@H](CC[C@H](O)c2ccc(F)cc2)[C@@H](c2ccc(-c3ccccc3)cc2S(=O)(=O)C[C@@H]2O[C@H](CO)C(O[C@@H]3O[C@H](CO)[C@@H](O)[C@H](O)[C@H]3O)[C@H](O)[C@H]2O)N1c1ccc(F)cc1. The fraction of sp³-hybridized carbons (Fsp3) is 0.419. The van der Waals surface area contributed by atoms with E-state index in [-0.39, 0.29) is 29.0 Å². The van der Waals surface area contributed by atoms with Gasteiger partial charge in [0.25, 0.3) is 0 Å². The second-order valence-corrected chi connectivity index (χ2v) is 17.5. The Morgan fingerprint density at radius 2 is 1.33 bits per heavy atom. The molecule has 0 spiro atoms. The van der Waals surface area contributed by atoms with Crippen LogP contribution in [0.2, 0.25) is 0 Å². The van der Waals surface area contributed by atoms with Crippen molar-refractivity contribution in [1.29, 1.82) is 0 Å². The zero-order valence-corrected chi connectivity index (χ0v) is 33.2. The van der Waals surface area contributed by atoms with Crippen molar-refractivity contribution in [1.82, 2.24) is 0 Å². The molecule has 61 heavy (non-hydrogen) atoms. The predicted molar refractivity (Wildman–Crippen MR) is 211 cm³/mol. The van der Waals surface area contributed by atoms with Crippen LogP contribution in [0, 0.1) is 17.6 Å². The Labute approximate surface area is 349 Å². The lowest BCUT2D eigenvalue weighted by molar-refractivity contribution is -0.341. The van der Waals surface area contributed by atoms with E-state index in [1.165, 1.54) is 47.4 Å². The molecule has 0 saturated carbocycles. The summed E-state index contributed by atoms with van der Waals surface area (Å²) in [5.74, 6) is -3.36. The lowest BCUT2D eigenvalue weighted by Crippen LogP contribution is -2.65. The van der Waals surface area contributed by atoms with Crippen LogP contribution in [0.5, 0.6) is 0 Å². The number of anilines is 1. The summed E-state index contributed by atoms with van der Waals surface area (Å²) in [4.78, 5) is 15.0. The molecule has 0 bridgehead atoms. The molecule has 1 amide bonds. The van der Waals surface area contributed by atoms with Crippen molar-refractivity contribution >= 4 is 21.4 Å². The maximum Gasteiger partial charge on any atom is 0.233 e. The highest BCUT2D eigenvalue weighted by Crippen LogP contribution is 2.49. The van der Waals surface area contributed by atoms with Crippen molar-refractivity contribution < 1.29 is 77.1 Å². The van der Waals surface area contributed by atoms with Crippen LogP contribution in [0.1, 0.15) is 36.1 Å². The Kier molecular flexibility index (Phi) is 13.6. The average Bonchev–Trinajstić information content (AvgIpc) is 3.26. The molecule has 8 N–H and O–H groups in total. The molecule has 1 unspecified atom stereocenters. The van der Waals surface area contributed by atoms with E-state index in [4.69, 9.17) is 14.2 Å². The molecule has 7 rings (SSSR count). The van der Waals surface area contributed by atoms with Crippen molar-refractivity contribution in [2.45, 2.75) is 91.1 Å². The topological polar surface area (TPSA) is 244 Å². The Balaban J connectivity index is 1.21. The normalized spacial score (nSPS) is 31.1. The molecule has 13 atom stereocenters. The Hall–Kier alpha value is -4.28. The molecule has 0 aromatic heterocycles. The van der Waals surface area contributed by atoms with Crippen LogP contribution in [-0.4, -0.2) is 135 Å². The smallest absolute Gasteiger partial charge is 0.233 e. The number of nitrogens with zero attached hydrogens (tertiary/aromatic N) is 1. The van der Waals surface area contributed by atoms with Crippen LogP contribution in [-0.2, 0) is 28.8 Å². The van der Waals surface area contributed by atoms with E-state index in [0.717, 1.165) is 12.1 Å². The standard InChI is InChI=1S/C43H47F2NO14S/c44-25-9-6-23(7-10-25)30(49)17-16-29-35(46(42(29)55)27-13-11-26(45)12-14-27)28-15-8-24(22-4-2-1-3-5-22)18-34(28)61(56,57)21-33-37(51)39(53)41(32(20-48)58-33)60-43-40(54)38(52)36(50)31(19-47)59-43/h1-15,18,29-33,35-41,43,47-54H,16-17,19-21H2/t29-,30+,31-,32-,33+,35-,36-,37+,38+,39-,40-,41?,43+/m1/s1. The second-order valence-electron chi connectivity index (χ2n) is 15.5. The molecule has 0 aliphatic carbocycles. The van der Waals surface area contributed by atoms with Crippen LogP contribution in [0.4, 0.5) is 14.5 Å². The molecular formula is C43H47F2NO14S. The van der Waals surface area contributed by atoms with Crippen molar-refractivity contribution in [3.05, 3.63) is 120 Å². The fourth-order valence-electron chi connectivity index (χ4n) is 8.23. The van der Waals surface area contributed by atoms with Gasteiger partial charge >= 0.3 is 0 Å². The number of hydrogen-bond donors (Lipinski definition) is 8. The molecule has 0 radical (unpaired) electrons. The van der Waals surface area contributed by atoms with Crippen molar-refractivity contribution in [2.24, 2.45) is 5.92 Å². The number of sulfone groups is 1. The first-order chi connectivity index (χ1) is 29.1. The van der Waals surface area contributed by atoms with Crippen LogP contribution >= 0.6 is 0 Å². The van der Waals surface area contributed by atoms with Gasteiger partial charge in [-0.05, 0) is 77.6 Å². The van der Waals surface area contributed by atoms with E-state index in [2.05, 4.69) is 0 Å². The summed E-state index contributed by atoms with van der Waals surface area (Å²) in [5.41, 5.74) is 1.94. The first-order valence-electron chi connectivity index (χ1n) is 19.7. The molecule has 4 aromatic carbocycles. The van der Waals surface area contributed by atoms with Crippen molar-refractivity contribution in [3.8, 4) is 11.1 Å². The zero-order chi connectivity index (χ0) is 43.7. The van der Waals surface area contributed by atoms with Gasteiger partial charge < -0.3 is 60.0 Å². The summed E-state index contributed by atoms with van der Waals surface area (Å²) in [6.07, 6.45) is -18.5. The van der Waals surface area contributed by atoms with Crippen LogP contribution in [0.3, 0.4) is 0 Å². The van der Waals surface area contributed by atoms with E-state index in [1.54, 1.807) is 42.5 Å². The highest BCUT2D eigenvalue weighted by atomic mass is 32.2. The molecule has 4 aromatic rings. The van der Waals surface area contributed by atoms with Gasteiger partial charge in [-0.15, -0.1) is 0 Å². The maximum atomic E-state index is 14.8. The molecule has 3 aliphatic heterocycles. The summed E-state index contributed by atoms with van der Waals surface area (Å²) in [6, 6.07) is 22.8. The number of carbonyl (C=O) groups is 1. The molecule has 15 nitrogen and oxygen atoms in total. The average molecular weight is 872 g/mol. The van der Waals surface area contributed by atoms with Crippen LogP contribution < -0.4 is 4.90 Å². The third-order valence-corrected chi connectivity index (χ3v) is 13.4. The quantitative estimate of drug-likeness (QED) is 0.0834. The summed E-state index contributed by atoms with van der Waals surface area (Å²) >= 11 is 0. The van der Waals surface area contributed by atoms with Crippen LogP contribution in [0.25, 0.3) is 11.1 Å². The predicted octanol–water partition coefficient (Wildman–Crippen LogP) is 1.29. The molecule has 3 saturated heterocycles.